The van der Waals surface area contributed by atoms with Gasteiger partial charge in [0.2, 0.25) is 5.91 Å². The fraction of sp³-hybridized carbons (Fsp3) is 0.533. The summed E-state index contributed by atoms with van der Waals surface area (Å²) in [5, 5.41) is 2.91. The van der Waals surface area contributed by atoms with Gasteiger partial charge in [-0.2, -0.15) is 0 Å². The maximum Gasteiger partial charge on any atom is 0.241 e. The van der Waals surface area contributed by atoms with Gasteiger partial charge in [-0.1, -0.05) is 11.6 Å². The molecule has 0 aliphatic carbocycles. The van der Waals surface area contributed by atoms with Crippen molar-refractivity contribution in [2.45, 2.75) is 39.0 Å². The number of rotatable bonds is 3. The van der Waals surface area contributed by atoms with Crippen LogP contribution in [0.1, 0.15) is 20.8 Å². The van der Waals surface area contributed by atoms with Gasteiger partial charge in [0.15, 0.2) is 0 Å². The van der Waals surface area contributed by atoms with E-state index < -0.39 is 5.82 Å². The molecule has 1 heterocycles. The average Bonchev–Trinajstić information content (AvgIpc) is 2.40. The van der Waals surface area contributed by atoms with Crippen LogP contribution >= 0.6 is 11.6 Å². The molecule has 6 heteroatoms. The third-order valence-electron chi connectivity index (χ3n) is 3.56. The van der Waals surface area contributed by atoms with E-state index in [-0.39, 0.29) is 29.8 Å². The number of anilines is 1. The fourth-order valence-electron chi connectivity index (χ4n) is 2.53. The molecule has 0 bridgehead atoms. The highest BCUT2D eigenvalue weighted by Gasteiger charge is 2.29. The first-order valence-electron chi connectivity index (χ1n) is 7.02. The average molecular weight is 315 g/mol. The summed E-state index contributed by atoms with van der Waals surface area (Å²) in [5.74, 6) is -0.774. The maximum absolute atomic E-state index is 13.7. The van der Waals surface area contributed by atoms with E-state index in [1.807, 2.05) is 25.7 Å². The Labute approximate surface area is 129 Å². The molecule has 2 rings (SSSR count). The molecule has 116 valence electrons. The quantitative estimate of drug-likeness (QED) is 0.932. The summed E-state index contributed by atoms with van der Waals surface area (Å²) in [6.07, 6.45) is 0.160. The van der Waals surface area contributed by atoms with Gasteiger partial charge >= 0.3 is 0 Å². The highest BCUT2D eigenvalue weighted by atomic mass is 35.5. The van der Waals surface area contributed by atoms with Gasteiger partial charge in [-0.15, -0.1) is 0 Å². The number of nitrogens with one attached hydrogen (secondary N) is 1. The molecule has 1 aliphatic rings. The molecule has 1 aliphatic heterocycles. The number of amides is 1. The lowest BCUT2D eigenvalue weighted by Gasteiger charge is -2.38. The molecule has 0 aromatic heterocycles. The lowest BCUT2D eigenvalue weighted by Crippen LogP contribution is -2.52. The third kappa shape index (κ3) is 4.15. The van der Waals surface area contributed by atoms with E-state index in [2.05, 4.69) is 5.32 Å². The molecular weight excluding hydrogens is 295 g/mol. The minimum atomic E-state index is -0.535. The molecule has 0 radical (unpaired) electrons. The highest BCUT2D eigenvalue weighted by Crippen LogP contribution is 2.20. The normalized spacial score (nSPS) is 24.6. The zero-order valence-electron chi connectivity index (χ0n) is 12.4. The largest absolute Gasteiger partial charge is 0.373 e. The molecule has 3 atom stereocenters. The summed E-state index contributed by atoms with van der Waals surface area (Å²) in [4.78, 5) is 14.3. The Hall–Kier alpha value is -1.17. The van der Waals surface area contributed by atoms with Crippen molar-refractivity contribution in [2.75, 3.05) is 18.4 Å². The van der Waals surface area contributed by atoms with Crippen molar-refractivity contribution in [3.05, 3.63) is 29.0 Å². The summed E-state index contributed by atoms with van der Waals surface area (Å²) in [6, 6.07) is 3.84. The molecule has 1 aromatic carbocycles. The van der Waals surface area contributed by atoms with Crippen molar-refractivity contribution in [1.82, 2.24) is 4.90 Å². The van der Waals surface area contributed by atoms with Gasteiger partial charge in [-0.25, -0.2) is 4.39 Å². The molecule has 1 amide bonds. The topological polar surface area (TPSA) is 41.6 Å². The zero-order chi connectivity index (χ0) is 15.6. The Kier molecular flexibility index (Phi) is 5.19. The van der Waals surface area contributed by atoms with E-state index in [0.29, 0.717) is 18.1 Å². The van der Waals surface area contributed by atoms with Crippen LogP contribution in [-0.2, 0) is 9.53 Å². The van der Waals surface area contributed by atoms with Crippen LogP contribution in [0, 0.1) is 5.82 Å². The summed E-state index contributed by atoms with van der Waals surface area (Å²) < 4.78 is 19.4. The fourth-order valence-corrected chi connectivity index (χ4v) is 2.69. The van der Waals surface area contributed by atoms with Crippen LogP contribution in [0.4, 0.5) is 10.1 Å². The van der Waals surface area contributed by atoms with Crippen molar-refractivity contribution in [3.8, 4) is 0 Å². The molecule has 4 nitrogen and oxygen atoms in total. The SMILES string of the molecule is C[C@@H]1CN([C@@H](C)C(=O)Nc2ccc(Cl)cc2F)C[C@@H](C)O1. The van der Waals surface area contributed by atoms with Crippen molar-refractivity contribution in [2.24, 2.45) is 0 Å². The summed E-state index contributed by atoms with van der Waals surface area (Å²) >= 11 is 5.70. The second-order valence-electron chi connectivity index (χ2n) is 5.50. The first-order valence-corrected chi connectivity index (χ1v) is 7.40. The molecule has 0 unspecified atom stereocenters. The first-order chi connectivity index (χ1) is 9.86. The molecule has 1 N–H and O–H groups in total. The summed E-state index contributed by atoms with van der Waals surface area (Å²) in [5.41, 5.74) is 0.144. The lowest BCUT2D eigenvalue weighted by molar-refractivity contribution is -0.126. The molecule has 1 saturated heterocycles. The third-order valence-corrected chi connectivity index (χ3v) is 3.80. The van der Waals surface area contributed by atoms with Gasteiger partial charge < -0.3 is 10.1 Å². The van der Waals surface area contributed by atoms with E-state index in [1.54, 1.807) is 6.07 Å². The summed E-state index contributed by atoms with van der Waals surface area (Å²) in [6.45, 7) is 7.14. The van der Waals surface area contributed by atoms with E-state index in [9.17, 15) is 9.18 Å². The Morgan fingerprint density at radius 2 is 2.05 bits per heavy atom. The van der Waals surface area contributed by atoms with Crippen LogP contribution < -0.4 is 5.32 Å². The van der Waals surface area contributed by atoms with E-state index >= 15 is 0 Å². The number of halogens is 2. The minimum absolute atomic E-state index is 0.0799. The van der Waals surface area contributed by atoms with E-state index in [0.717, 1.165) is 0 Å². The molecule has 21 heavy (non-hydrogen) atoms. The number of hydrogen-bond acceptors (Lipinski definition) is 3. The van der Waals surface area contributed by atoms with Gasteiger partial charge in [-0.3, -0.25) is 9.69 Å². The lowest BCUT2D eigenvalue weighted by atomic mass is 10.1. The zero-order valence-corrected chi connectivity index (χ0v) is 13.2. The van der Waals surface area contributed by atoms with Crippen molar-refractivity contribution in [3.63, 3.8) is 0 Å². The van der Waals surface area contributed by atoms with E-state index in [4.69, 9.17) is 16.3 Å². The van der Waals surface area contributed by atoms with Gasteiger partial charge in [-0.05, 0) is 39.0 Å². The van der Waals surface area contributed by atoms with Gasteiger partial charge in [0, 0.05) is 18.1 Å². The second kappa shape index (κ2) is 6.73. The predicted octanol–water partition coefficient (Wildman–Crippen LogP) is 2.92. The number of carbonyl (C=O) groups is 1. The molecule has 1 aromatic rings. The van der Waals surface area contributed by atoms with Crippen LogP contribution in [0.15, 0.2) is 18.2 Å². The van der Waals surface area contributed by atoms with Gasteiger partial charge in [0.05, 0.1) is 23.9 Å². The second-order valence-corrected chi connectivity index (χ2v) is 5.94. The smallest absolute Gasteiger partial charge is 0.241 e. The van der Waals surface area contributed by atoms with Crippen molar-refractivity contribution in [1.29, 1.82) is 0 Å². The maximum atomic E-state index is 13.7. The Bertz CT molecular complexity index is 516. The van der Waals surface area contributed by atoms with Crippen molar-refractivity contribution >= 4 is 23.2 Å². The Balaban J connectivity index is 2.02. The number of benzene rings is 1. The van der Waals surface area contributed by atoms with Crippen LogP contribution in [0.25, 0.3) is 0 Å². The van der Waals surface area contributed by atoms with Crippen LogP contribution in [0.5, 0.6) is 0 Å². The summed E-state index contributed by atoms with van der Waals surface area (Å²) in [7, 11) is 0. The predicted molar refractivity (Wildman–Crippen MR) is 81.1 cm³/mol. The van der Waals surface area contributed by atoms with Gasteiger partial charge in [0.1, 0.15) is 5.82 Å². The Morgan fingerprint density at radius 3 is 2.62 bits per heavy atom. The molecule has 0 saturated carbocycles. The number of carbonyl (C=O) groups excluding carboxylic acids is 1. The number of morpholine rings is 1. The van der Waals surface area contributed by atoms with Crippen LogP contribution in [-0.4, -0.2) is 42.1 Å². The van der Waals surface area contributed by atoms with Crippen molar-refractivity contribution < 1.29 is 13.9 Å². The number of nitrogens with zero attached hydrogens (tertiary/aromatic N) is 1. The minimum Gasteiger partial charge on any atom is -0.373 e. The monoisotopic (exact) mass is 314 g/mol. The van der Waals surface area contributed by atoms with Gasteiger partial charge in [0.25, 0.3) is 0 Å². The van der Waals surface area contributed by atoms with Crippen LogP contribution in [0.2, 0.25) is 5.02 Å². The molecular formula is C15H20ClFN2O2. The standard InChI is InChI=1S/C15H20ClFN2O2/c1-9-7-19(8-10(2)21-9)11(3)15(20)18-14-5-4-12(16)6-13(14)17/h4-6,9-11H,7-8H2,1-3H3,(H,18,20)/t9-,10-,11+/m1/s1. The number of hydrogen-bond donors (Lipinski definition) is 1. The van der Waals surface area contributed by atoms with E-state index in [1.165, 1.54) is 12.1 Å². The number of ether oxygens (including phenoxy) is 1. The first kappa shape index (κ1) is 16.2. The Morgan fingerprint density at radius 1 is 1.43 bits per heavy atom. The van der Waals surface area contributed by atoms with Crippen LogP contribution in [0.3, 0.4) is 0 Å². The molecule has 1 fully saturated rings. The molecule has 0 spiro atoms. The highest BCUT2D eigenvalue weighted by molar-refractivity contribution is 6.30.